The maximum atomic E-state index is 2.50. The Bertz CT molecular complexity index is 2960. The van der Waals surface area contributed by atoms with Crippen LogP contribution in [-0.4, -0.2) is 0 Å². The summed E-state index contributed by atoms with van der Waals surface area (Å²) in [5, 5.41) is 18.7. The summed E-state index contributed by atoms with van der Waals surface area (Å²) >= 11 is 0. The lowest BCUT2D eigenvalue weighted by Gasteiger charge is -2.24. The van der Waals surface area contributed by atoms with Crippen molar-refractivity contribution in [2.75, 3.05) is 0 Å². The van der Waals surface area contributed by atoms with Gasteiger partial charge in [-0.15, -0.1) is 0 Å². The number of rotatable bonds is 2. The van der Waals surface area contributed by atoms with Gasteiger partial charge in [0, 0.05) is 5.41 Å². The highest BCUT2D eigenvalue weighted by atomic mass is 14.4. The minimum Gasteiger partial charge on any atom is -0.0616 e. The summed E-state index contributed by atoms with van der Waals surface area (Å²) in [6.07, 6.45) is 0. The highest BCUT2D eigenvalue weighted by Gasteiger charge is 2.35. The third-order valence-corrected chi connectivity index (χ3v) is 11.3. The number of fused-ring (bicyclic) bond motifs is 3. The maximum Gasteiger partial charge on any atom is 0.0159 e. The first-order chi connectivity index (χ1) is 23.0. The van der Waals surface area contributed by atoms with Crippen LogP contribution in [0.4, 0.5) is 0 Å². The second-order valence-electron chi connectivity index (χ2n) is 14.1. The van der Waals surface area contributed by atoms with Crippen molar-refractivity contribution < 1.29 is 0 Å². The van der Waals surface area contributed by atoms with Gasteiger partial charge in [0.25, 0.3) is 0 Å². The number of hydrogen-bond acceptors (Lipinski definition) is 0. The van der Waals surface area contributed by atoms with Crippen LogP contribution in [-0.2, 0) is 5.41 Å². The first-order valence-corrected chi connectivity index (χ1v) is 16.7. The van der Waals surface area contributed by atoms with Crippen LogP contribution >= 0.6 is 0 Å². The molecule has 0 heteroatoms. The van der Waals surface area contributed by atoms with E-state index < -0.39 is 0 Å². The molecule has 0 nitrogen and oxygen atoms in total. The summed E-state index contributed by atoms with van der Waals surface area (Å²) in [5.74, 6) is 0. The van der Waals surface area contributed by atoms with Gasteiger partial charge in [0.2, 0.25) is 0 Å². The molecule has 10 aromatic rings. The van der Waals surface area contributed by atoms with E-state index in [1.54, 1.807) is 0 Å². The average molecular weight is 595 g/mol. The van der Waals surface area contributed by atoms with Gasteiger partial charge >= 0.3 is 0 Å². The van der Waals surface area contributed by atoms with E-state index in [1.165, 1.54) is 109 Å². The molecule has 1 aliphatic carbocycles. The quantitative estimate of drug-likeness (QED) is 0.175. The van der Waals surface area contributed by atoms with E-state index in [9.17, 15) is 0 Å². The van der Waals surface area contributed by atoms with Gasteiger partial charge in [-0.3, -0.25) is 0 Å². The monoisotopic (exact) mass is 594 g/mol. The Labute approximate surface area is 272 Å². The van der Waals surface area contributed by atoms with Crippen molar-refractivity contribution in [1.29, 1.82) is 0 Å². The largest absolute Gasteiger partial charge is 0.0616 e. The molecule has 0 heterocycles. The fraction of sp³-hybridized carbons (Fsp3) is 0.0638. The summed E-state index contributed by atoms with van der Waals surface area (Å²) in [6, 6.07) is 55.1. The van der Waals surface area contributed by atoms with Gasteiger partial charge in [0.1, 0.15) is 0 Å². The van der Waals surface area contributed by atoms with Gasteiger partial charge in [-0.25, -0.2) is 0 Å². The van der Waals surface area contributed by atoms with Crippen molar-refractivity contribution in [3.8, 4) is 22.3 Å². The fourth-order valence-electron chi connectivity index (χ4n) is 9.05. The zero-order chi connectivity index (χ0) is 31.0. The van der Waals surface area contributed by atoms with Crippen LogP contribution in [0.25, 0.3) is 97.7 Å². The van der Waals surface area contributed by atoms with Crippen molar-refractivity contribution in [2.45, 2.75) is 19.3 Å². The first kappa shape index (κ1) is 25.5. The van der Waals surface area contributed by atoms with Crippen molar-refractivity contribution >= 4 is 75.4 Å². The van der Waals surface area contributed by atoms with Crippen molar-refractivity contribution in [3.63, 3.8) is 0 Å². The van der Waals surface area contributed by atoms with E-state index in [2.05, 4.69) is 159 Å². The molecular weight excluding hydrogens is 565 g/mol. The Kier molecular flexibility index (Phi) is 4.74. The van der Waals surface area contributed by atoms with E-state index in [-0.39, 0.29) is 5.41 Å². The first-order valence-electron chi connectivity index (χ1n) is 16.7. The SMILES string of the molecule is CC1(C)c2cc(-c3cc4ccccc4c4ccccc34)cc3ccc4cc(-c5ccc6ccc7cccc8ccc5c6c78)cc1c4c23. The van der Waals surface area contributed by atoms with E-state index in [4.69, 9.17) is 0 Å². The Morgan fingerprint density at radius 2 is 0.851 bits per heavy atom. The van der Waals surface area contributed by atoms with Crippen molar-refractivity contribution in [3.05, 3.63) is 157 Å². The Balaban J connectivity index is 1.15. The molecule has 10 aromatic carbocycles. The Hall–Kier alpha value is -5.72. The van der Waals surface area contributed by atoms with E-state index in [1.807, 2.05) is 0 Å². The van der Waals surface area contributed by atoms with E-state index in [0.717, 1.165) is 0 Å². The number of benzene rings is 10. The van der Waals surface area contributed by atoms with Crippen LogP contribution in [0.2, 0.25) is 0 Å². The highest BCUT2D eigenvalue weighted by Crippen LogP contribution is 2.52. The molecule has 1 aliphatic rings. The van der Waals surface area contributed by atoms with Crippen LogP contribution in [0.1, 0.15) is 25.0 Å². The third kappa shape index (κ3) is 3.27. The molecule has 0 saturated heterocycles. The van der Waals surface area contributed by atoms with Gasteiger partial charge in [0.15, 0.2) is 0 Å². The lowest BCUT2D eigenvalue weighted by molar-refractivity contribution is 0.663. The summed E-state index contributed by atoms with van der Waals surface area (Å²) < 4.78 is 0. The van der Waals surface area contributed by atoms with E-state index >= 15 is 0 Å². The molecular formula is C47H30. The molecule has 0 amide bonds. The minimum absolute atomic E-state index is 0.136. The zero-order valence-corrected chi connectivity index (χ0v) is 26.4. The molecule has 0 saturated carbocycles. The Morgan fingerprint density at radius 1 is 0.319 bits per heavy atom. The van der Waals surface area contributed by atoms with Gasteiger partial charge in [-0.2, -0.15) is 0 Å². The summed E-state index contributed by atoms with van der Waals surface area (Å²) in [4.78, 5) is 0. The molecule has 0 spiro atoms. The van der Waals surface area contributed by atoms with Crippen LogP contribution in [0, 0.1) is 0 Å². The summed E-state index contributed by atoms with van der Waals surface area (Å²) in [5.41, 5.74) is 7.92. The molecule has 0 aromatic heterocycles. The van der Waals surface area contributed by atoms with Crippen molar-refractivity contribution in [2.24, 2.45) is 0 Å². The van der Waals surface area contributed by atoms with Gasteiger partial charge in [0.05, 0.1) is 0 Å². The lowest BCUT2D eigenvalue weighted by Crippen LogP contribution is -2.15. The molecule has 0 radical (unpaired) electrons. The van der Waals surface area contributed by atoms with E-state index in [0.29, 0.717) is 0 Å². The Morgan fingerprint density at radius 3 is 1.57 bits per heavy atom. The van der Waals surface area contributed by atoms with Gasteiger partial charge < -0.3 is 0 Å². The van der Waals surface area contributed by atoms with Gasteiger partial charge in [-0.1, -0.05) is 129 Å². The molecule has 0 fully saturated rings. The van der Waals surface area contributed by atoms with Crippen LogP contribution in [0.3, 0.4) is 0 Å². The molecule has 0 bridgehead atoms. The predicted molar refractivity (Wildman–Crippen MR) is 203 cm³/mol. The summed E-state index contributed by atoms with van der Waals surface area (Å²) in [7, 11) is 0. The normalized spacial score (nSPS) is 13.9. The smallest absolute Gasteiger partial charge is 0.0159 e. The second-order valence-corrected chi connectivity index (χ2v) is 14.1. The highest BCUT2D eigenvalue weighted by molar-refractivity contribution is 6.26. The minimum atomic E-state index is -0.136. The topological polar surface area (TPSA) is 0 Å². The molecule has 11 rings (SSSR count). The molecule has 0 aliphatic heterocycles. The molecule has 218 valence electrons. The van der Waals surface area contributed by atoms with Crippen LogP contribution in [0.15, 0.2) is 146 Å². The van der Waals surface area contributed by atoms with Gasteiger partial charge in [-0.05, 0) is 139 Å². The van der Waals surface area contributed by atoms with Crippen LogP contribution < -0.4 is 0 Å². The average Bonchev–Trinajstić information content (AvgIpc) is 3.35. The second kappa shape index (κ2) is 8.75. The molecule has 47 heavy (non-hydrogen) atoms. The van der Waals surface area contributed by atoms with Crippen LogP contribution in [0.5, 0.6) is 0 Å². The molecule has 0 unspecified atom stereocenters. The third-order valence-electron chi connectivity index (χ3n) is 11.3. The summed E-state index contributed by atoms with van der Waals surface area (Å²) in [6.45, 7) is 4.85. The maximum absolute atomic E-state index is 2.50. The lowest BCUT2D eigenvalue weighted by atomic mass is 9.79. The standard InChI is InChI=1S/C47H30/c1-47(2)41-25-33(36-20-18-29-15-14-27-9-7-10-28-19-21-39(36)44(29)43(27)28)22-31-16-17-32-23-34(26-42(47)46(32)45(31)41)40-24-30-8-3-4-11-35(30)37-12-5-6-13-38(37)40/h3-26H,1-2H3. The predicted octanol–water partition coefficient (Wildman–Crippen LogP) is 13.2. The zero-order valence-electron chi connectivity index (χ0n) is 26.4. The van der Waals surface area contributed by atoms with Crippen molar-refractivity contribution in [1.82, 2.24) is 0 Å². The fourth-order valence-corrected chi connectivity index (χ4v) is 9.05. The number of hydrogen-bond donors (Lipinski definition) is 0. The molecule has 0 N–H and O–H groups in total. The molecule has 0 atom stereocenters.